The van der Waals surface area contributed by atoms with Crippen LogP contribution in [-0.4, -0.2) is 23.0 Å². The molecule has 6 nitrogen and oxygen atoms in total. The Morgan fingerprint density at radius 1 is 0.950 bits per heavy atom. The van der Waals surface area contributed by atoms with Gasteiger partial charge < -0.3 is 16.0 Å². The maximum Gasteiger partial charge on any atom is 0.272 e. The summed E-state index contributed by atoms with van der Waals surface area (Å²) in [6.45, 7) is 1.92. The van der Waals surface area contributed by atoms with Crippen molar-refractivity contribution in [3.05, 3.63) is 116 Å². The van der Waals surface area contributed by atoms with Crippen molar-refractivity contribution in [1.82, 2.24) is 5.32 Å². The number of amides is 3. The van der Waals surface area contributed by atoms with Crippen LogP contribution in [0.4, 0.5) is 11.4 Å². The summed E-state index contributed by atoms with van der Waals surface area (Å²) < 4.78 is 0. The van der Waals surface area contributed by atoms with E-state index in [0.717, 1.165) is 10.5 Å². The first-order chi connectivity index (χ1) is 19.3. The Hall–Kier alpha value is -3.56. The normalized spacial score (nSPS) is 11.9. The van der Waals surface area contributed by atoms with Gasteiger partial charge in [0, 0.05) is 21.2 Å². The molecule has 4 rings (SSSR count). The van der Waals surface area contributed by atoms with Gasteiger partial charge in [-0.3, -0.25) is 14.4 Å². The Morgan fingerprint density at radius 2 is 1.75 bits per heavy atom. The molecule has 1 unspecified atom stereocenters. The standard InChI is InChI=1S/C30H25Cl2N3O3S2/c1-2-27(30(38)34-25-12-11-21(31)16-24(25)32)40-23-10-6-9-22(17-23)33-29(37)26(15-19-13-14-39-18-19)35-28(36)20-7-4-3-5-8-20/h3-18,27H,2H2,1H3,(H,33,37)(H,34,38)(H,35,36)/b26-15-. The molecule has 10 heteroatoms. The van der Waals surface area contributed by atoms with Crippen LogP contribution in [0.5, 0.6) is 0 Å². The van der Waals surface area contributed by atoms with E-state index >= 15 is 0 Å². The van der Waals surface area contributed by atoms with Gasteiger partial charge in [0.1, 0.15) is 5.70 Å². The van der Waals surface area contributed by atoms with Gasteiger partial charge in [-0.1, -0.05) is 54.4 Å². The molecule has 0 saturated carbocycles. The molecule has 0 bridgehead atoms. The number of benzene rings is 3. The summed E-state index contributed by atoms with van der Waals surface area (Å²) in [7, 11) is 0. The molecule has 3 aromatic carbocycles. The molecular weight excluding hydrogens is 585 g/mol. The highest BCUT2D eigenvalue weighted by molar-refractivity contribution is 8.00. The molecule has 0 spiro atoms. The van der Waals surface area contributed by atoms with Crippen molar-refractivity contribution in [3.8, 4) is 0 Å². The molecule has 3 N–H and O–H groups in total. The van der Waals surface area contributed by atoms with Crippen LogP contribution in [-0.2, 0) is 9.59 Å². The summed E-state index contributed by atoms with van der Waals surface area (Å²) in [4.78, 5) is 39.8. The Kier molecular flexibility index (Phi) is 10.4. The smallest absolute Gasteiger partial charge is 0.272 e. The van der Waals surface area contributed by atoms with E-state index < -0.39 is 11.2 Å². The van der Waals surface area contributed by atoms with E-state index in [2.05, 4.69) is 16.0 Å². The van der Waals surface area contributed by atoms with Gasteiger partial charge in [-0.15, -0.1) is 11.8 Å². The van der Waals surface area contributed by atoms with E-state index in [0.29, 0.717) is 33.4 Å². The number of rotatable bonds is 10. The van der Waals surface area contributed by atoms with Crippen LogP contribution in [0.2, 0.25) is 10.0 Å². The molecule has 0 aliphatic heterocycles. The number of hydrogen-bond donors (Lipinski definition) is 3. The average molecular weight is 611 g/mol. The molecule has 40 heavy (non-hydrogen) atoms. The Bertz CT molecular complexity index is 1530. The second-order valence-corrected chi connectivity index (χ2v) is 11.4. The quantitative estimate of drug-likeness (QED) is 0.126. The zero-order valence-corrected chi connectivity index (χ0v) is 24.5. The lowest BCUT2D eigenvalue weighted by atomic mass is 10.2. The Morgan fingerprint density at radius 3 is 2.45 bits per heavy atom. The summed E-state index contributed by atoms with van der Waals surface area (Å²) in [5, 5.41) is 12.7. The largest absolute Gasteiger partial charge is 0.324 e. The zero-order chi connectivity index (χ0) is 28.5. The van der Waals surface area contributed by atoms with Crippen LogP contribution in [0, 0.1) is 0 Å². The van der Waals surface area contributed by atoms with Gasteiger partial charge in [0.15, 0.2) is 0 Å². The number of nitrogens with one attached hydrogen (secondary N) is 3. The van der Waals surface area contributed by atoms with Gasteiger partial charge in [0.05, 0.1) is 16.0 Å². The van der Waals surface area contributed by atoms with E-state index in [1.54, 1.807) is 66.7 Å². The summed E-state index contributed by atoms with van der Waals surface area (Å²) in [5.41, 5.74) is 2.35. The first-order valence-electron chi connectivity index (χ1n) is 12.3. The van der Waals surface area contributed by atoms with Crippen molar-refractivity contribution in [2.75, 3.05) is 10.6 Å². The van der Waals surface area contributed by atoms with Crippen LogP contribution in [0.3, 0.4) is 0 Å². The molecule has 204 valence electrons. The van der Waals surface area contributed by atoms with Crippen LogP contribution >= 0.6 is 46.3 Å². The summed E-state index contributed by atoms with van der Waals surface area (Å²) in [5.74, 6) is -1.06. The molecule has 1 aromatic heterocycles. The highest BCUT2D eigenvalue weighted by atomic mass is 35.5. The fraction of sp³-hybridized carbons (Fsp3) is 0.100. The Labute approximate surface area is 250 Å². The first kappa shape index (κ1) is 29.4. The van der Waals surface area contributed by atoms with Crippen molar-refractivity contribution >= 4 is 81.5 Å². The van der Waals surface area contributed by atoms with Crippen molar-refractivity contribution < 1.29 is 14.4 Å². The minimum atomic E-state index is -0.472. The third kappa shape index (κ3) is 8.22. The van der Waals surface area contributed by atoms with Gasteiger partial charge in [0.2, 0.25) is 5.91 Å². The van der Waals surface area contributed by atoms with E-state index in [4.69, 9.17) is 23.2 Å². The van der Waals surface area contributed by atoms with Gasteiger partial charge >= 0.3 is 0 Å². The number of thiophene rings is 1. The summed E-state index contributed by atoms with van der Waals surface area (Å²) in [6.07, 6.45) is 2.20. The monoisotopic (exact) mass is 609 g/mol. The fourth-order valence-electron chi connectivity index (χ4n) is 3.60. The molecule has 4 aromatic rings. The minimum Gasteiger partial charge on any atom is -0.324 e. The molecule has 0 fully saturated rings. The second-order valence-electron chi connectivity index (χ2n) is 8.54. The maximum atomic E-state index is 13.3. The lowest BCUT2D eigenvalue weighted by molar-refractivity contribution is -0.116. The topological polar surface area (TPSA) is 87.3 Å². The van der Waals surface area contributed by atoms with E-state index in [-0.39, 0.29) is 17.5 Å². The van der Waals surface area contributed by atoms with Crippen LogP contribution in [0.15, 0.2) is 100 Å². The second kappa shape index (κ2) is 14.2. The zero-order valence-electron chi connectivity index (χ0n) is 21.3. The summed E-state index contributed by atoms with van der Waals surface area (Å²) in [6, 6.07) is 22.6. The first-order valence-corrected chi connectivity index (χ1v) is 14.8. The number of hydrogen-bond acceptors (Lipinski definition) is 5. The lowest BCUT2D eigenvalue weighted by Gasteiger charge is -2.16. The maximum absolute atomic E-state index is 13.3. The number of anilines is 2. The van der Waals surface area contributed by atoms with Gasteiger partial charge in [-0.25, -0.2) is 0 Å². The molecule has 0 aliphatic rings. The van der Waals surface area contributed by atoms with Crippen molar-refractivity contribution in [1.29, 1.82) is 0 Å². The molecule has 0 saturated heterocycles. The van der Waals surface area contributed by atoms with Crippen LogP contribution in [0.25, 0.3) is 6.08 Å². The Balaban J connectivity index is 1.47. The third-order valence-electron chi connectivity index (χ3n) is 5.61. The molecular formula is C30H25Cl2N3O3S2. The van der Waals surface area contributed by atoms with E-state index in [9.17, 15) is 14.4 Å². The van der Waals surface area contributed by atoms with Crippen molar-refractivity contribution in [3.63, 3.8) is 0 Å². The van der Waals surface area contributed by atoms with Gasteiger partial charge in [-0.2, -0.15) is 11.3 Å². The number of carbonyl (C=O) groups is 3. The lowest BCUT2D eigenvalue weighted by Crippen LogP contribution is -2.30. The molecule has 0 radical (unpaired) electrons. The highest BCUT2D eigenvalue weighted by Crippen LogP contribution is 2.30. The SMILES string of the molecule is CCC(Sc1cccc(NC(=O)/C(=C/c2ccsc2)NC(=O)c2ccccc2)c1)C(=O)Nc1ccc(Cl)cc1Cl. The minimum absolute atomic E-state index is 0.107. The third-order valence-corrected chi connectivity index (χ3v) is 8.21. The van der Waals surface area contributed by atoms with E-state index in [1.165, 1.54) is 23.1 Å². The van der Waals surface area contributed by atoms with Gasteiger partial charge in [0.25, 0.3) is 11.8 Å². The van der Waals surface area contributed by atoms with Crippen LogP contribution in [0.1, 0.15) is 29.3 Å². The summed E-state index contributed by atoms with van der Waals surface area (Å²) >= 11 is 15.0. The fourth-order valence-corrected chi connectivity index (χ4v) is 5.69. The number of thioether (sulfide) groups is 1. The molecule has 1 atom stereocenters. The van der Waals surface area contributed by atoms with Crippen LogP contribution < -0.4 is 16.0 Å². The molecule has 0 aliphatic carbocycles. The predicted octanol–water partition coefficient (Wildman–Crippen LogP) is 7.97. The van der Waals surface area contributed by atoms with Crippen molar-refractivity contribution in [2.45, 2.75) is 23.5 Å². The van der Waals surface area contributed by atoms with E-state index in [1.807, 2.05) is 35.9 Å². The molecule has 3 amide bonds. The van der Waals surface area contributed by atoms with Crippen molar-refractivity contribution in [2.24, 2.45) is 0 Å². The van der Waals surface area contributed by atoms with Gasteiger partial charge in [-0.05, 0) is 83.4 Å². The highest BCUT2D eigenvalue weighted by Gasteiger charge is 2.20. The average Bonchev–Trinajstić information content (AvgIpc) is 3.46. The number of carbonyl (C=O) groups excluding carboxylic acids is 3. The number of halogens is 2. The predicted molar refractivity (Wildman–Crippen MR) is 166 cm³/mol. The molecule has 1 heterocycles.